The van der Waals surface area contributed by atoms with E-state index < -0.39 is 6.18 Å². The summed E-state index contributed by atoms with van der Waals surface area (Å²) in [5.41, 5.74) is 2.95. The molecule has 0 radical (unpaired) electrons. The van der Waals surface area contributed by atoms with Gasteiger partial charge in [-0.15, -0.1) is 0 Å². The van der Waals surface area contributed by atoms with E-state index in [2.05, 4.69) is 10.2 Å². The number of hydrogen-bond donors (Lipinski definition) is 1. The summed E-state index contributed by atoms with van der Waals surface area (Å²) in [7, 11) is 0. The fourth-order valence-corrected chi connectivity index (χ4v) is 3.73. The van der Waals surface area contributed by atoms with Gasteiger partial charge in [0.2, 0.25) is 0 Å². The van der Waals surface area contributed by atoms with Crippen molar-refractivity contribution in [3.63, 3.8) is 0 Å². The van der Waals surface area contributed by atoms with Crippen molar-refractivity contribution in [2.24, 2.45) is 5.92 Å². The Bertz CT molecular complexity index is 725. The first-order valence-electron chi connectivity index (χ1n) is 6.81. The molecule has 1 aromatic heterocycles. The van der Waals surface area contributed by atoms with Crippen molar-refractivity contribution in [2.75, 3.05) is 0 Å². The second kappa shape index (κ2) is 4.61. The van der Waals surface area contributed by atoms with Crippen LogP contribution in [0.25, 0.3) is 16.5 Å². The lowest BCUT2D eigenvalue weighted by atomic mass is 9.83. The summed E-state index contributed by atoms with van der Waals surface area (Å²) in [6.07, 6.45) is -0.145. The molecule has 1 unspecified atom stereocenters. The molecule has 0 fully saturated rings. The summed E-state index contributed by atoms with van der Waals surface area (Å²) in [5.74, 6) is 0.0240. The van der Waals surface area contributed by atoms with Crippen LogP contribution in [-0.4, -0.2) is 16.4 Å². The molecule has 0 bridgehead atoms. The number of aromatic nitrogens is 2. The molecule has 0 spiro atoms. The quantitative estimate of drug-likeness (QED) is 0.737. The highest BCUT2D eigenvalue weighted by Crippen LogP contribution is 2.51. The largest absolute Gasteiger partial charge is 0.412 e. The lowest BCUT2D eigenvalue weighted by molar-refractivity contribution is -0.0945. The first kappa shape index (κ1) is 14.2. The number of fused-ring (bicyclic) bond motifs is 5. The van der Waals surface area contributed by atoms with Crippen molar-refractivity contribution in [1.82, 2.24) is 10.2 Å². The first-order valence-corrected chi connectivity index (χ1v) is 6.81. The van der Waals surface area contributed by atoms with E-state index in [0.29, 0.717) is 18.4 Å². The summed E-state index contributed by atoms with van der Waals surface area (Å²) >= 11 is 0. The predicted molar refractivity (Wildman–Crippen MR) is 76.8 cm³/mol. The maximum Gasteiger partial charge on any atom is 0.412 e. The number of alkyl halides is 3. The zero-order valence-electron chi connectivity index (χ0n) is 10.7. The number of rotatable bonds is 0. The number of benzene rings is 1. The molecule has 0 saturated heterocycles. The van der Waals surface area contributed by atoms with Crippen LogP contribution in [0.1, 0.15) is 37.8 Å². The molecule has 2 aromatic rings. The highest BCUT2D eigenvalue weighted by atomic mass is 19.4. The molecular formula is C16H17F3N2. The summed E-state index contributed by atoms with van der Waals surface area (Å²) in [5, 5.41) is 7.85. The van der Waals surface area contributed by atoms with Gasteiger partial charge in [-0.05, 0) is 54.4 Å². The number of halogens is 3. The van der Waals surface area contributed by atoms with Crippen LogP contribution < -0.4 is 0 Å². The van der Waals surface area contributed by atoms with Gasteiger partial charge in [0.1, 0.15) is 0 Å². The molecule has 0 amide bonds. The minimum Gasteiger partial charge on any atom is -0.278 e. The molecule has 0 aliphatic heterocycles. The van der Waals surface area contributed by atoms with Gasteiger partial charge >= 0.3 is 6.18 Å². The van der Waals surface area contributed by atoms with E-state index in [-0.39, 0.29) is 25.3 Å². The Morgan fingerprint density at radius 2 is 2.05 bits per heavy atom. The Hall–Kier alpha value is -1.78. The summed E-state index contributed by atoms with van der Waals surface area (Å²) in [6.45, 7) is 0. The molecule has 1 atom stereocenters. The molecule has 2 nitrogen and oxygen atoms in total. The average molecular weight is 294 g/mol. The van der Waals surface area contributed by atoms with Gasteiger partial charge in [0.15, 0.2) is 0 Å². The molecule has 2 aliphatic rings. The molecule has 1 heterocycles. The molecule has 0 saturated carbocycles. The van der Waals surface area contributed by atoms with Crippen LogP contribution in [0.4, 0.5) is 13.2 Å². The number of hydrogen-bond acceptors (Lipinski definition) is 1. The number of nitrogens with zero attached hydrogens (tertiary/aromatic N) is 1. The van der Waals surface area contributed by atoms with E-state index in [1.807, 2.05) is 12.1 Å². The molecular weight excluding hydrogens is 277 g/mol. The number of H-pyrrole nitrogens is 1. The van der Waals surface area contributed by atoms with E-state index in [0.717, 1.165) is 28.5 Å². The Morgan fingerprint density at radius 1 is 1.24 bits per heavy atom. The van der Waals surface area contributed by atoms with E-state index in [1.165, 1.54) is 0 Å². The van der Waals surface area contributed by atoms with Crippen LogP contribution in [0.3, 0.4) is 0 Å². The molecule has 1 N–H and O–H groups in total. The van der Waals surface area contributed by atoms with Crippen LogP contribution in [0, 0.1) is 5.92 Å². The van der Waals surface area contributed by atoms with Gasteiger partial charge in [0.05, 0.1) is 11.7 Å². The Balaban J connectivity index is 0.00000132. The normalized spacial score (nSPS) is 21.2. The fraction of sp³-hybridized carbons (Fsp3) is 0.438. The lowest BCUT2D eigenvalue weighted by Gasteiger charge is -2.25. The van der Waals surface area contributed by atoms with Gasteiger partial charge in [-0.3, -0.25) is 5.10 Å². The lowest BCUT2D eigenvalue weighted by Crippen LogP contribution is -2.19. The average Bonchev–Trinajstić information content (AvgIpc) is 3.00. The van der Waals surface area contributed by atoms with Crippen LogP contribution in [0.5, 0.6) is 0 Å². The highest BCUT2D eigenvalue weighted by molar-refractivity contribution is 5.91. The maximum atomic E-state index is 13.3. The monoisotopic (exact) mass is 294 g/mol. The van der Waals surface area contributed by atoms with E-state index in [9.17, 15) is 13.2 Å². The minimum atomic E-state index is -4.21. The van der Waals surface area contributed by atoms with Crippen molar-refractivity contribution in [1.29, 1.82) is 0 Å². The summed E-state index contributed by atoms with van der Waals surface area (Å²) in [4.78, 5) is 0. The van der Waals surface area contributed by atoms with Crippen molar-refractivity contribution in [3.05, 3.63) is 35.0 Å². The second-order valence-corrected chi connectivity index (χ2v) is 5.61. The molecule has 4 rings (SSSR count). The van der Waals surface area contributed by atoms with Crippen LogP contribution in [0.15, 0.2) is 23.9 Å². The molecule has 21 heavy (non-hydrogen) atoms. The maximum absolute atomic E-state index is 13.3. The minimum absolute atomic E-state index is 0. The van der Waals surface area contributed by atoms with E-state index >= 15 is 0 Å². The Morgan fingerprint density at radius 3 is 2.81 bits per heavy atom. The first-order chi connectivity index (χ1) is 9.55. The Labute approximate surface area is 121 Å². The molecule has 2 aliphatic carbocycles. The molecule has 1 aromatic carbocycles. The van der Waals surface area contributed by atoms with Gasteiger partial charge in [-0.1, -0.05) is 13.5 Å². The van der Waals surface area contributed by atoms with Crippen LogP contribution in [0.2, 0.25) is 0 Å². The van der Waals surface area contributed by atoms with Crippen LogP contribution in [-0.2, 0) is 6.42 Å². The zero-order chi connectivity index (χ0) is 13.9. The van der Waals surface area contributed by atoms with Crippen LogP contribution >= 0.6 is 0 Å². The van der Waals surface area contributed by atoms with Gasteiger partial charge in [0, 0.05) is 11.0 Å². The third kappa shape index (κ3) is 1.98. The third-order valence-electron chi connectivity index (χ3n) is 4.53. The number of nitrogens with one attached hydrogen (secondary N) is 1. The number of aromatic amines is 1. The third-order valence-corrected chi connectivity index (χ3v) is 4.53. The molecule has 5 heteroatoms. The van der Waals surface area contributed by atoms with Crippen molar-refractivity contribution in [3.8, 4) is 0 Å². The SMILES string of the molecule is C.FC(F)(F)C1=C2c3ccc4[nH]ncc4c3CC2CCC1. The zero-order valence-corrected chi connectivity index (χ0v) is 10.7. The Kier molecular flexibility index (Phi) is 3.11. The fourth-order valence-electron chi connectivity index (χ4n) is 3.73. The van der Waals surface area contributed by atoms with E-state index in [4.69, 9.17) is 0 Å². The smallest absolute Gasteiger partial charge is 0.278 e. The van der Waals surface area contributed by atoms with Crippen molar-refractivity contribution in [2.45, 2.75) is 39.3 Å². The van der Waals surface area contributed by atoms with Gasteiger partial charge in [0.25, 0.3) is 0 Å². The van der Waals surface area contributed by atoms with Gasteiger partial charge < -0.3 is 0 Å². The topological polar surface area (TPSA) is 28.7 Å². The van der Waals surface area contributed by atoms with Gasteiger partial charge in [-0.2, -0.15) is 18.3 Å². The molecule has 112 valence electrons. The second-order valence-electron chi connectivity index (χ2n) is 5.61. The highest BCUT2D eigenvalue weighted by Gasteiger charge is 2.43. The predicted octanol–water partition coefficient (Wildman–Crippen LogP) is 4.87. The standard InChI is InChI=1S/C15H13F3N2.CH4/c16-15(17,18)12-3-1-2-8-6-10-9(14(8)12)4-5-13-11(10)7-19-20-13;/h4-5,7-8H,1-3,6H2,(H,19,20);1H4. The van der Waals surface area contributed by atoms with Crippen molar-refractivity contribution >= 4 is 16.5 Å². The summed E-state index contributed by atoms with van der Waals surface area (Å²) < 4.78 is 39.8. The summed E-state index contributed by atoms with van der Waals surface area (Å²) in [6, 6.07) is 3.65. The van der Waals surface area contributed by atoms with Crippen molar-refractivity contribution < 1.29 is 13.2 Å². The number of allylic oxidation sites excluding steroid dienone is 2. The van der Waals surface area contributed by atoms with E-state index in [1.54, 1.807) is 6.20 Å². The van der Waals surface area contributed by atoms with Gasteiger partial charge in [-0.25, -0.2) is 0 Å².